The first-order valence-electron chi connectivity index (χ1n) is 7.17. The van der Waals surface area contributed by atoms with Gasteiger partial charge in [0, 0.05) is 30.6 Å². The first-order chi connectivity index (χ1) is 10.1. The van der Waals surface area contributed by atoms with Crippen LogP contribution < -0.4 is 5.32 Å². The van der Waals surface area contributed by atoms with Crippen LogP contribution in [0.2, 0.25) is 0 Å². The summed E-state index contributed by atoms with van der Waals surface area (Å²) in [5, 5.41) is 13.4. The van der Waals surface area contributed by atoms with Crippen LogP contribution in [0, 0.1) is 0 Å². The quantitative estimate of drug-likeness (QED) is 0.885. The molecule has 0 bridgehead atoms. The van der Waals surface area contributed by atoms with Crippen molar-refractivity contribution in [2.75, 3.05) is 13.2 Å². The molecule has 2 N–H and O–H groups in total. The molecule has 0 saturated carbocycles. The molecule has 5 nitrogen and oxygen atoms in total. The maximum Gasteiger partial charge on any atom is 0.372 e. The molecule has 2 aromatic rings. The molecule has 0 spiro atoms. The van der Waals surface area contributed by atoms with Crippen LogP contribution in [0.25, 0.3) is 11.0 Å². The first-order valence-corrected chi connectivity index (χ1v) is 7.17. The van der Waals surface area contributed by atoms with E-state index in [2.05, 4.69) is 12.2 Å². The third kappa shape index (κ3) is 2.80. The van der Waals surface area contributed by atoms with Crippen LogP contribution >= 0.6 is 0 Å². The van der Waals surface area contributed by atoms with Crippen molar-refractivity contribution in [2.24, 2.45) is 0 Å². The molecule has 3 rings (SSSR count). The van der Waals surface area contributed by atoms with Gasteiger partial charge in [-0.2, -0.15) is 0 Å². The Morgan fingerprint density at radius 3 is 2.95 bits per heavy atom. The Balaban J connectivity index is 1.79. The minimum absolute atomic E-state index is 0.0150. The topological polar surface area (TPSA) is 71.7 Å². The summed E-state index contributed by atoms with van der Waals surface area (Å²) < 4.78 is 11.2. The number of carboxylic acid groups (broad SMARTS) is 1. The molecule has 1 aliphatic rings. The molecular weight excluding hydrogens is 270 g/mol. The largest absolute Gasteiger partial charge is 0.475 e. The predicted molar refractivity (Wildman–Crippen MR) is 78.5 cm³/mol. The molecule has 1 aromatic carbocycles. The smallest absolute Gasteiger partial charge is 0.372 e. The zero-order valence-corrected chi connectivity index (χ0v) is 12.0. The number of carbonyl (C=O) groups is 1. The minimum Gasteiger partial charge on any atom is -0.475 e. The summed E-state index contributed by atoms with van der Waals surface area (Å²) in [4.78, 5) is 11.3. The first kappa shape index (κ1) is 14.1. The van der Waals surface area contributed by atoms with Gasteiger partial charge in [-0.1, -0.05) is 18.2 Å². The van der Waals surface area contributed by atoms with Gasteiger partial charge in [0.2, 0.25) is 5.76 Å². The Kier molecular flexibility index (Phi) is 3.69. The molecule has 1 unspecified atom stereocenters. The lowest BCUT2D eigenvalue weighted by Gasteiger charge is -2.23. The second kappa shape index (κ2) is 5.50. The highest BCUT2D eigenvalue weighted by Gasteiger charge is 2.29. The van der Waals surface area contributed by atoms with Gasteiger partial charge in [-0.15, -0.1) is 0 Å². The average Bonchev–Trinajstić information content (AvgIpc) is 3.04. The normalized spacial score (nSPS) is 22.0. The van der Waals surface area contributed by atoms with Gasteiger partial charge >= 0.3 is 5.97 Å². The summed E-state index contributed by atoms with van der Waals surface area (Å²) in [6.07, 6.45) is 2.10. The Bertz CT molecular complexity index is 655. The van der Waals surface area contributed by atoms with E-state index >= 15 is 0 Å². The number of rotatable bonds is 5. The van der Waals surface area contributed by atoms with E-state index in [9.17, 15) is 9.90 Å². The van der Waals surface area contributed by atoms with E-state index in [0.29, 0.717) is 24.2 Å². The molecule has 0 radical (unpaired) electrons. The zero-order chi connectivity index (χ0) is 14.9. The third-order valence-corrected chi connectivity index (χ3v) is 3.99. The van der Waals surface area contributed by atoms with Crippen LogP contribution in [-0.4, -0.2) is 29.8 Å². The van der Waals surface area contributed by atoms with Crippen molar-refractivity contribution in [3.8, 4) is 0 Å². The molecule has 1 saturated heterocycles. The lowest BCUT2D eigenvalue weighted by Crippen LogP contribution is -2.37. The molecule has 112 valence electrons. The standard InChI is InChI=1S/C16H19NO4/c1-16(7-4-8-20-16)10-17-9-12-11-5-2-3-6-13(11)21-14(12)15(18)19/h2-3,5-6,17H,4,7-10H2,1H3,(H,18,19). The molecule has 0 aliphatic carbocycles. The molecule has 5 heteroatoms. The van der Waals surface area contributed by atoms with Crippen molar-refractivity contribution >= 4 is 16.9 Å². The van der Waals surface area contributed by atoms with Crippen LogP contribution in [0.1, 0.15) is 35.9 Å². The SMILES string of the molecule is CC1(CNCc2c(C(=O)O)oc3ccccc23)CCCO1. The van der Waals surface area contributed by atoms with Crippen LogP contribution in [0.4, 0.5) is 0 Å². The number of nitrogens with one attached hydrogen (secondary N) is 1. The van der Waals surface area contributed by atoms with E-state index in [-0.39, 0.29) is 11.4 Å². The third-order valence-electron chi connectivity index (χ3n) is 3.99. The van der Waals surface area contributed by atoms with Crippen LogP contribution in [0.5, 0.6) is 0 Å². The molecule has 2 heterocycles. The molecule has 1 aromatic heterocycles. The number of fused-ring (bicyclic) bond motifs is 1. The maximum absolute atomic E-state index is 11.3. The summed E-state index contributed by atoms with van der Waals surface area (Å²) in [7, 11) is 0. The molecule has 1 atom stereocenters. The van der Waals surface area contributed by atoms with Gasteiger partial charge in [0.25, 0.3) is 0 Å². The van der Waals surface area contributed by atoms with Crippen molar-refractivity contribution in [3.05, 3.63) is 35.6 Å². The number of ether oxygens (including phenoxy) is 1. The maximum atomic E-state index is 11.3. The van der Waals surface area contributed by atoms with E-state index in [0.717, 1.165) is 24.8 Å². The highest BCUT2D eigenvalue weighted by atomic mass is 16.5. The van der Waals surface area contributed by atoms with Crippen molar-refractivity contribution in [1.29, 1.82) is 0 Å². The fraction of sp³-hybridized carbons (Fsp3) is 0.438. The molecule has 1 aliphatic heterocycles. The van der Waals surface area contributed by atoms with Crippen molar-refractivity contribution in [3.63, 3.8) is 0 Å². The van der Waals surface area contributed by atoms with Crippen LogP contribution in [-0.2, 0) is 11.3 Å². The Hall–Kier alpha value is -1.85. The summed E-state index contributed by atoms with van der Waals surface area (Å²) in [6, 6.07) is 7.39. The number of carboxylic acids is 1. The second-order valence-corrected chi connectivity index (χ2v) is 5.72. The second-order valence-electron chi connectivity index (χ2n) is 5.72. The Morgan fingerprint density at radius 1 is 1.43 bits per heavy atom. The lowest BCUT2D eigenvalue weighted by molar-refractivity contribution is 0.0206. The molecule has 0 amide bonds. The highest BCUT2D eigenvalue weighted by Crippen LogP contribution is 2.27. The van der Waals surface area contributed by atoms with E-state index in [1.165, 1.54) is 0 Å². The number of benzene rings is 1. The molecular formula is C16H19NO4. The van der Waals surface area contributed by atoms with Gasteiger partial charge in [0.15, 0.2) is 0 Å². The molecule has 1 fully saturated rings. The van der Waals surface area contributed by atoms with E-state index in [4.69, 9.17) is 9.15 Å². The van der Waals surface area contributed by atoms with Crippen LogP contribution in [0.3, 0.4) is 0 Å². The summed E-state index contributed by atoms with van der Waals surface area (Å²) in [6.45, 7) is 4.04. The Labute approximate surface area is 122 Å². The predicted octanol–water partition coefficient (Wildman–Crippen LogP) is 2.79. The van der Waals surface area contributed by atoms with Gasteiger partial charge in [-0.3, -0.25) is 0 Å². The number of aromatic carboxylic acids is 1. The number of hydrogen-bond donors (Lipinski definition) is 2. The van der Waals surface area contributed by atoms with E-state index in [1.54, 1.807) is 6.07 Å². The summed E-state index contributed by atoms with van der Waals surface area (Å²) >= 11 is 0. The van der Waals surface area contributed by atoms with Crippen molar-refractivity contribution in [1.82, 2.24) is 5.32 Å². The number of hydrogen-bond acceptors (Lipinski definition) is 4. The average molecular weight is 289 g/mol. The summed E-state index contributed by atoms with van der Waals surface area (Å²) in [5.41, 5.74) is 1.15. The van der Waals surface area contributed by atoms with E-state index < -0.39 is 5.97 Å². The van der Waals surface area contributed by atoms with Crippen molar-refractivity contribution in [2.45, 2.75) is 31.9 Å². The van der Waals surface area contributed by atoms with E-state index in [1.807, 2.05) is 18.2 Å². The number of furan rings is 1. The zero-order valence-electron chi connectivity index (χ0n) is 12.0. The van der Waals surface area contributed by atoms with Crippen molar-refractivity contribution < 1.29 is 19.1 Å². The van der Waals surface area contributed by atoms with Gasteiger partial charge in [0.1, 0.15) is 5.58 Å². The highest BCUT2D eigenvalue weighted by molar-refractivity contribution is 5.95. The molecule has 21 heavy (non-hydrogen) atoms. The number of para-hydroxylation sites is 1. The summed E-state index contributed by atoms with van der Waals surface area (Å²) in [5.74, 6) is -1.02. The van der Waals surface area contributed by atoms with Crippen LogP contribution in [0.15, 0.2) is 28.7 Å². The fourth-order valence-electron chi connectivity index (χ4n) is 2.88. The minimum atomic E-state index is -1.04. The lowest BCUT2D eigenvalue weighted by atomic mass is 10.0. The van der Waals surface area contributed by atoms with Gasteiger partial charge < -0.3 is 19.6 Å². The monoisotopic (exact) mass is 289 g/mol. The Morgan fingerprint density at radius 2 is 2.24 bits per heavy atom. The van der Waals surface area contributed by atoms with Gasteiger partial charge in [-0.05, 0) is 25.8 Å². The van der Waals surface area contributed by atoms with Gasteiger partial charge in [0.05, 0.1) is 5.60 Å². The fourth-order valence-corrected chi connectivity index (χ4v) is 2.88. The van der Waals surface area contributed by atoms with Gasteiger partial charge in [-0.25, -0.2) is 4.79 Å².